The van der Waals surface area contributed by atoms with Crippen molar-refractivity contribution in [2.75, 3.05) is 43.4 Å². The summed E-state index contributed by atoms with van der Waals surface area (Å²) in [7, 11) is 0. The van der Waals surface area contributed by atoms with Crippen LogP contribution in [0, 0.1) is 0 Å². The average molecular weight is 241 g/mol. The third-order valence-corrected chi connectivity index (χ3v) is 3.19. The van der Waals surface area contributed by atoms with Gasteiger partial charge in [-0.3, -0.25) is 0 Å². The van der Waals surface area contributed by atoms with E-state index >= 15 is 0 Å². The number of rotatable bonds is 2. The van der Waals surface area contributed by atoms with Crippen LogP contribution in [0.15, 0.2) is 12.3 Å². The Bertz CT molecular complexity index is 361. The summed E-state index contributed by atoms with van der Waals surface area (Å²) in [6.45, 7) is 7.39. The van der Waals surface area contributed by atoms with Crippen molar-refractivity contribution in [3.8, 4) is 0 Å². The first kappa shape index (κ1) is 11.5. The predicted octanol–water partition coefficient (Wildman–Crippen LogP) is 1.46. The van der Waals surface area contributed by atoms with Gasteiger partial charge < -0.3 is 15.5 Å². The number of likely N-dealkylation sites (N-methyl/N-ethyl adjacent to an activating group) is 1. The molecule has 0 spiro atoms. The van der Waals surface area contributed by atoms with E-state index in [1.165, 1.54) is 0 Å². The summed E-state index contributed by atoms with van der Waals surface area (Å²) in [6.07, 6.45) is 1.65. The molecule has 0 aliphatic carbocycles. The van der Waals surface area contributed by atoms with Gasteiger partial charge in [0.25, 0.3) is 0 Å². The molecule has 1 aliphatic heterocycles. The Morgan fingerprint density at radius 3 is 2.62 bits per heavy atom. The largest absolute Gasteiger partial charge is 0.396 e. The van der Waals surface area contributed by atoms with Crippen LogP contribution in [0.25, 0.3) is 0 Å². The minimum atomic E-state index is 0.591. The van der Waals surface area contributed by atoms with Crippen LogP contribution in [0.3, 0.4) is 0 Å². The second kappa shape index (κ2) is 4.89. The summed E-state index contributed by atoms with van der Waals surface area (Å²) >= 11 is 5.83. The van der Waals surface area contributed by atoms with Gasteiger partial charge in [0.1, 0.15) is 0 Å². The highest BCUT2D eigenvalue weighted by atomic mass is 35.5. The molecule has 2 heterocycles. The van der Waals surface area contributed by atoms with Gasteiger partial charge in [0, 0.05) is 32.4 Å². The van der Waals surface area contributed by atoms with Gasteiger partial charge in [0.2, 0.25) is 0 Å². The van der Waals surface area contributed by atoms with Crippen LogP contribution in [0.2, 0.25) is 5.02 Å². The number of nitrogens with zero attached hydrogens (tertiary/aromatic N) is 3. The van der Waals surface area contributed by atoms with Gasteiger partial charge in [0.05, 0.1) is 10.7 Å². The molecule has 16 heavy (non-hydrogen) atoms. The number of anilines is 2. The summed E-state index contributed by atoms with van der Waals surface area (Å²) in [4.78, 5) is 8.94. The molecule has 1 aromatic heterocycles. The lowest BCUT2D eigenvalue weighted by atomic mass is 10.3. The first-order valence-corrected chi connectivity index (χ1v) is 5.97. The molecule has 0 amide bonds. The maximum atomic E-state index is 5.92. The monoisotopic (exact) mass is 240 g/mol. The molecule has 1 aromatic rings. The van der Waals surface area contributed by atoms with Gasteiger partial charge in [-0.25, -0.2) is 4.98 Å². The van der Waals surface area contributed by atoms with Crippen LogP contribution in [0.1, 0.15) is 6.92 Å². The number of nitrogen functional groups attached to an aromatic ring is 1. The first-order valence-electron chi connectivity index (χ1n) is 5.59. The zero-order valence-electron chi connectivity index (χ0n) is 9.49. The summed E-state index contributed by atoms with van der Waals surface area (Å²) in [5.74, 6) is 0.861. The minimum Gasteiger partial charge on any atom is -0.396 e. The lowest BCUT2D eigenvalue weighted by Gasteiger charge is -2.35. The second-order valence-corrected chi connectivity index (χ2v) is 4.42. The topological polar surface area (TPSA) is 45.4 Å². The smallest absolute Gasteiger partial charge is 0.151 e. The van der Waals surface area contributed by atoms with Gasteiger partial charge in [-0.05, 0) is 12.6 Å². The molecule has 0 unspecified atom stereocenters. The fraction of sp³-hybridized carbons (Fsp3) is 0.545. The van der Waals surface area contributed by atoms with E-state index in [9.17, 15) is 0 Å². The van der Waals surface area contributed by atoms with E-state index in [4.69, 9.17) is 17.3 Å². The SMILES string of the molecule is CCN1CCN(c2ncc(Cl)cc2N)CC1. The molecular formula is C11H17ClN4. The average Bonchev–Trinajstić information content (AvgIpc) is 2.29. The molecule has 2 rings (SSSR count). The number of nitrogens with two attached hydrogens (primary N) is 1. The Morgan fingerprint density at radius 2 is 2.06 bits per heavy atom. The standard InChI is InChI=1S/C11H17ClN4/c1-2-15-3-5-16(6-4-15)11-10(13)7-9(12)8-14-11/h7-8H,2-6,13H2,1H3. The normalized spacial score (nSPS) is 17.8. The van der Waals surface area contributed by atoms with E-state index in [0.29, 0.717) is 10.7 Å². The van der Waals surface area contributed by atoms with Crippen molar-refractivity contribution in [3.05, 3.63) is 17.3 Å². The summed E-state index contributed by atoms with van der Waals surface area (Å²) < 4.78 is 0. The van der Waals surface area contributed by atoms with E-state index in [2.05, 4.69) is 21.7 Å². The van der Waals surface area contributed by atoms with Crippen molar-refractivity contribution in [2.45, 2.75) is 6.92 Å². The Hall–Kier alpha value is -1.00. The number of hydrogen-bond acceptors (Lipinski definition) is 4. The first-order chi connectivity index (χ1) is 7.70. The Balaban J connectivity index is 2.08. The van der Waals surface area contributed by atoms with E-state index in [1.807, 2.05) is 0 Å². The third kappa shape index (κ3) is 2.39. The number of pyridine rings is 1. The van der Waals surface area contributed by atoms with Crippen molar-refractivity contribution < 1.29 is 0 Å². The van der Waals surface area contributed by atoms with Gasteiger partial charge in [-0.1, -0.05) is 18.5 Å². The quantitative estimate of drug-likeness (QED) is 0.850. The van der Waals surface area contributed by atoms with Crippen LogP contribution in [-0.4, -0.2) is 42.6 Å². The number of halogens is 1. The van der Waals surface area contributed by atoms with Crippen molar-refractivity contribution in [2.24, 2.45) is 0 Å². The lowest BCUT2D eigenvalue weighted by Crippen LogP contribution is -2.46. The van der Waals surface area contributed by atoms with Gasteiger partial charge in [0.15, 0.2) is 5.82 Å². The summed E-state index contributed by atoms with van der Waals surface area (Å²) in [5.41, 5.74) is 6.58. The maximum absolute atomic E-state index is 5.92. The van der Waals surface area contributed by atoms with Crippen molar-refractivity contribution in [3.63, 3.8) is 0 Å². The highest BCUT2D eigenvalue weighted by molar-refractivity contribution is 6.30. The molecule has 0 bridgehead atoms. The van der Waals surface area contributed by atoms with E-state index in [-0.39, 0.29) is 0 Å². The van der Waals surface area contributed by atoms with E-state index in [0.717, 1.165) is 38.5 Å². The molecule has 88 valence electrons. The van der Waals surface area contributed by atoms with Crippen LogP contribution >= 0.6 is 11.6 Å². The molecule has 5 heteroatoms. The Labute approximate surface area is 101 Å². The molecule has 1 aliphatic rings. The van der Waals surface area contributed by atoms with E-state index < -0.39 is 0 Å². The van der Waals surface area contributed by atoms with Crippen molar-refractivity contribution in [1.29, 1.82) is 0 Å². The predicted molar refractivity (Wildman–Crippen MR) is 68.0 cm³/mol. The second-order valence-electron chi connectivity index (χ2n) is 3.99. The van der Waals surface area contributed by atoms with Crippen molar-refractivity contribution >= 4 is 23.1 Å². The lowest BCUT2D eigenvalue weighted by molar-refractivity contribution is 0.270. The summed E-state index contributed by atoms with van der Waals surface area (Å²) in [5, 5.41) is 0.591. The van der Waals surface area contributed by atoms with Crippen LogP contribution < -0.4 is 10.6 Å². The molecule has 2 N–H and O–H groups in total. The maximum Gasteiger partial charge on any atom is 0.151 e. The van der Waals surface area contributed by atoms with E-state index in [1.54, 1.807) is 12.3 Å². The molecule has 0 saturated carbocycles. The molecule has 1 fully saturated rings. The van der Waals surface area contributed by atoms with Crippen LogP contribution in [0.4, 0.5) is 11.5 Å². The van der Waals surface area contributed by atoms with Gasteiger partial charge >= 0.3 is 0 Å². The zero-order chi connectivity index (χ0) is 11.5. The highest BCUT2D eigenvalue weighted by Gasteiger charge is 2.18. The third-order valence-electron chi connectivity index (χ3n) is 2.98. The highest BCUT2D eigenvalue weighted by Crippen LogP contribution is 2.24. The molecule has 0 atom stereocenters. The Morgan fingerprint density at radius 1 is 1.38 bits per heavy atom. The van der Waals surface area contributed by atoms with Crippen molar-refractivity contribution in [1.82, 2.24) is 9.88 Å². The Kier molecular flexibility index (Phi) is 3.51. The number of piperazine rings is 1. The molecule has 4 nitrogen and oxygen atoms in total. The fourth-order valence-corrected chi connectivity index (χ4v) is 2.15. The fourth-order valence-electron chi connectivity index (χ4n) is 1.99. The molecular weight excluding hydrogens is 224 g/mol. The number of aromatic nitrogens is 1. The summed E-state index contributed by atoms with van der Waals surface area (Å²) in [6, 6.07) is 1.76. The zero-order valence-corrected chi connectivity index (χ0v) is 10.2. The van der Waals surface area contributed by atoms with Gasteiger partial charge in [-0.2, -0.15) is 0 Å². The molecule has 0 aromatic carbocycles. The van der Waals surface area contributed by atoms with Gasteiger partial charge in [-0.15, -0.1) is 0 Å². The molecule has 0 radical (unpaired) electrons. The molecule has 1 saturated heterocycles. The number of hydrogen-bond donors (Lipinski definition) is 1. The minimum absolute atomic E-state index is 0.591. The van der Waals surface area contributed by atoms with Crippen LogP contribution in [-0.2, 0) is 0 Å². The van der Waals surface area contributed by atoms with Crippen LogP contribution in [0.5, 0.6) is 0 Å².